The standard InChI is InChI=1S/C14H19F2N/c15-13(16)10-11-4-6-12(7-5-11)14(17)8-2-1-3-9-14/h4-7,13H,1-3,8-10,17H2. The van der Waals surface area contributed by atoms with Crippen molar-refractivity contribution in [2.75, 3.05) is 0 Å². The highest BCUT2D eigenvalue weighted by Gasteiger charge is 2.29. The van der Waals surface area contributed by atoms with Crippen LogP contribution in [-0.4, -0.2) is 6.43 Å². The van der Waals surface area contributed by atoms with Crippen LogP contribution < -0.4 is 5.73 Å². The zero-order valence-electron chi connectivity index (χ0n) is 9.96. The van der Waals surface area contributed by atoms with Crippen LogP contribution in [0, 0.1) is 0 Å². The van der Waals surface area contributed by atoms with E-state index in [9.17, 15) is 8.78 Å². The Morgan fingerprint density at radius 3 is 2.18 bits per heavy atom. The van der Waals surface area contributed by atoms with Crippen LogP contribution in [0.2, 0.25) is 0 Å². The molecule has 1 aromatic carbocycles. The maximum atomic E-state index is 12.2. The third-order valence-corrected chi connectivity index (χ3v) is 3.66. The van der Waals surface area contributed by atoms with Gasteiger partial charge in [0.2, 0.25) is 6.43 Å². The van der Waals surface area contributed by atoms with Gasteiger partial charge in [-0.1, -0.05) is 43.5 Å². The lowest BCUT2D eigenvalue weighted by Gasteiger charge is -2.34. The van der Waals surface area contributed by atoms with Gasteiger partial charge >= 0.3 is 0 Å². The Hall–Kier alpha value is -0.960. The van der Waals surface area contributed by atoms with Gasteiger partial charge in [-0.2, -0.15) is 0 Å². The highest BCUT2D eigenvalue weighted by Crippen LogP contribution is 2.34. The molecule has 2 rings (SSSR count). The van der Waals surface area contributed by atoms with Crippen LogP contribution in [0.1, 0.15) is 43.2 Å². The highest BCUT2D eigenvalue weighted by molar-refractivity contribution is 5.29. The average molecular weight is 239 g/mol. The summed E-state index contributed by atoms with van der Waals surface area (Å²) in [5, 5.41) is 0. The molecule has 1 aliphatic carbocycles. The maximum absolute atomic E-state index is 12.2. The molecule has 1 aliphatic rings. The van der Waals surface area contributed by atoms with Gasteiger partial charge in [0.25, 0.3) is 0 Å². The first kappa shape index (κ1) is 12.5. The summed E-state index contributed by atoms with van der Waals surface area (Å²) in [7, 11) is 0. The average Bonchev–Trinajstić information content (AvgIpc) is 2.30. The summed E-state index contributed by atoms with van der Waals surface area (Å²) < 4.78 is 24.5. The third-order valence-electron chi connectivity index (χ3n) is 3.66. The molecule has 0 amide bonds. The van der Waals surface area contributed by atoms with Crippen LogP contribution in [0.15, 0.2) is 24.3 Å². The fourth-order valence-corrected chi connectivity index (χ4v) is 2.62. The quantitative estimate of drug-likeness (QED) is 0.856. The molecule has 1 nitrogen and oxygen atoms in total. The highest BCUT2D eigenvalue weighted by atomic mass is 19.3. The van der Waals surface area contributed by atoms with Gasteiger partial charge in [-0.15, -0.1) is 0 Å². The van der Waals surface area contributed by atoms with E-state index in [0.717, 1.165) is 31.2 Å². The van der Waals surface area contributed by atoms with Crippen molar-refractivity contribution in [1.82, 2.24) is 0 Å². The molecule has 0 atom stereocenters. The van der Waals surface area contributed by atoms with Gasteiger partial charge in [0, 0.05) is 12.0 Å². The Bertz CT molecular complexity index is 353. The van der Waals surface area contributed by atoms with Gasteiger partial charge in [0.15, 0.2) is 0 Å². The second-order valence-corrected chi connectivity index (χ2v) is 5.01. The Morgan fingerprint density at radius 2 is 1.65 bits per heavy atom. The monoisotopic (exact) mass is 239 g/mol. The minimum atomic E-state index is -2.28. The van der Waals surface area contributed by atoms with E-state index in [4.69, 9.17) is 5.73 Å². The molecule has 1 aromatic rings. The number of halogens is 2. The second-order valence-electron chi connectivity index (χ2n) is 5.01. The van der Waals surface area contributed by atoms with Crippen LogP contribution in [0.25, 0.3) is 0 Å². The lowest BCUT2D eigenvalue weighted by atomic mass is 9.77. The van der Waals surface area contributed by atoms with Crippen LogP contribution >= 0.6 is 0 Å². The zero-order chi connectivity index (χ0) is 12.3. The first-order chi connectivity index (χ1) is 8.10. The first-order valence-corrected chi connectivity index (χ1v) is 6.27. The van der Waals surface area contributed by atoms with Crippen molar-refractivity contribution in [3.63, 3.8) is 0 Å². The van der Waals surface area contributed by atoms with Crippen molar-refractivity contribution in [3.05, 3.63) is 35.4 Å². The van der Waals surface area contributed by atoms with Gasteiger partial charge < -0.3 is 5.73 Å². The van der Waals surface area contributed by atoms with Crippen LogP contribution in [-0.2, 0) is 12.0 Å². The predicted octanol–water partition coefficient (Wildman–Crippen LogP) is 3.61. The molecule has 17 heavy (non-hydrogen) atoms. The van der Waals surface area contributed by atoms with E-state index in [-0.39, 0.29) is 12.0 Å². The zero-order valence-corrected chi connectivity index (χ0v) is 9.96. The van der Waals surface area contributed by atoms with E-state index < -0.39 is 6.43 Å². The van der Waals surface area contributed by atoms with E-state index >= 15 is 0 Å². The Balaban J connectivity index is 2.11. The molecule has 0 saturated heterocycles. The lowest BCUT2D eigenvalue weighted by molar-refractivity contribution is 0.149. The molecule has 1 fully saturated rings. The number of nitrogens with two attached hydrogens (primary N) is 1. The molecule has 0 heterocycles. The summed E-state index contributed by atoms with van der Waals surface area (Å²) in [6.07, 6.45) is 3.13. The maximum Gasteiger partial charge on any atom is 0.242 e. The summed E-state index contributed by atoms with van der Waals surface area (Å²) in [6.45, 7) is 0. The lowest BCUT2D eigenvalue weighted by Crippen LogP contribution is -2.38. The Morgan fingerprint density at radius 1 is 1.06 bits per heavy atom. The minimum Gasteiger partial charge on any atom is -0.321 e. The van der Waals surface area contributed by atoms with Crippen molar-refractivity contribution in [1.29, 1.82) is 0 Å². The van der Waals surface area contributed by atoms with Crippen molar-refractivity contribution in [3.8, 4) is 0 Å². The molecular weight excluding hydrogens is 220 g/mol. The van der Waals surface area contributed by atoms with E-state index in [1.54, 1.807) is 12.1 Å². The third kappa shape index (κ3) is 3.03. The number of hydrogen-bond donors (Lipinski definition) is 1. The predicted molar refractivity (Wildman–Crippen MR) is 65.1 cm³/mol. The molecule has 0 spiro atoms. The number of alkyl halides is 2. The number of rotatable bonds is 3. The Labute approximate surface area is 101 Å². The minimum absolute atomic E-state index is 0.169. The van der Waals surface area contributed by atoms with Crippen molar-refractivity contribution in [2.45, 2.75) is 50.5 Å². The fourth-order valence-electron chi connectivity index (χ4n) is 2.62. The molecule has 0 aliphatic heterocycles. The molecule has 94 valence electrons. The van der Waals surface area contributed by atoms with Crippen molar-refractivity contribution < 1.29 is 8.78 Å². The molecule has 1 saturated carbocycles. The smallest absolute Gasteiger partial charge is 0.242 e. The van der Waals surface area contributed by atoms with E-state index in [1.807, 2.05) is 12.1 Å². The van der Waals surface area contributed by atoms with Crippen LogP contribution in [0.5, 0.6) is 0 Å². The summed E-state index contributed by atoms with van der Waals surface area (Å²) in [6, 6.07) is 7.40. The molecule has 3 heteroatoms. The molecular formula is C14H19F2N. The Kier molecular flexibility index (Phi) is 3.77. The molecule has 0 unspecified atom stereocenters. The largest absolute Gasteiger partial charge is 0.321 e. The first-order valence-electron chi connectivity index (χ1n) is 6.27. The summed E-state index contributed by atoms with van der Waals surface area (Å²) in [5.74, 6) is 0. The molecule has 0 radical (unpaired) electrons. The van der Waals surface area contributed by atoms with E-state index in [1.165, 1.54) is 6.42 Å². The van der Waals surface area contributed by atoms with E-state index in [2.05, 4.69) is 0 Å². The molecule has 0 aromatic heterocycles. The van der Waals surface area contributed by atoms with Crippen LogP contribution in [0.4, 0.5) is 8.78 Å². The summed E-state index contributed by atoms with van der Waals surface area (Å²) >= 11 is 0. The number of benzene rings is 1. The summed E-state index contributed by atoms with van der Waals surface area (Å²) in [5.41, 5.74) is 7.93. The van der Waals surface area contributed by atoms with Gasteiger partial charge in [0.05, 0.1) is 0 Å². The second kappa shape index (κ2) is 5.13. The van der Waals surface area contributed by atoms with Gasteiger partial charge in [0.1, 0.15) is 0 Å². The normalized spacial score (nSPS) is 19.5. The van der Waals surface area contributed by atoms with Gasteiger partial charge in [-0.25, -0.2) is 8.78 Å². The molecule has 0 bridgehead atoms. The van der Waals surface area contributed by atoms with Gasteiger partial charge in [-0.3, -0.25) is 0 Å². The SMILES string of the molecule is NC1(c2ccc(CC(F)F)cc2)CCCCC1. The summed E-state index contributed by atoms with van der Waals surface area (Å²) in [4.78, 5) is 0. The van der Waals surface area contributed by atoms with Gasteiger partial charge in [-0.05, 0) is 24.0 Å². The topological polar surface area (TPSA) is 26.0 Å². The molecule has 2 N–H and O–H groups in total. The van der Waals surface area contributed by atoms with Crippen molar-refractivity contribution in [2.24, 2.45) is 5.73 Å². The number of hydrogen-bond acceptors (Lipinski definition) is 1. The van der Waals surface area contributed by atoms with E-state index in [0.29, 0.717) is 5.56 Å². The van der Waals surface area contributed by atoms with Crippen molar-refractivity contribution >= 4 is 0 Å². The fraction of sp³-hybridized carbons (Fsp3) is 0.571. The van der Waals surface area contributed by atoms with Crippen LogP contribution in [0.3, 0.4) is 0 Å².